The molecule has 2 rings (SSSR count). The van der Waals surface area contributed by atoms with Crippen molar-refractivity contribution in [3.63, 3.8) is 0 Å². The number of carboxylic acid groups (broad SMARTS) is 1. The van der Waals surface area contributed by atoms with Crippen LogP contribution in [0.25, 0.3) is 0 Å². The first-order valence-electron chi connectivity index (χ1n) is 13.6. The van der Waals surface area contributed by atoms with E-state index < -0.39 is 12.0 Å². The fraction of sp³-hybridized carbons (Fsp3) is 0.606. The second kappa shape index (κ2) is 10.6. The number of nitrogens with zero attached hydrogens (tertiary/aromatic N) is 1. The van der Waals surface area contributed by atoms with E-state index in [1.54, 1.807) is 6.92 Å². The van der Waals surface area contributed by atoms with Crippen molar-refractivity contribution in [1.82, 2.24) is 4.90 Å². The van der Waals surface area contributed by atoms with Crippen molar-refractivity contribution in [2.75, 3.05) is 0 Å². The van der Waals surface area contributed by atoms with Gasteiger partial charge in [0.15, 0.2) is 0 Å². The van der Waals surface area contributed by atoms with E-state index in [1.807, 2.05) is 17.0 Å². The molecule has 0 unspecified atom stereocenters. The monoisotopic (exact) mass is 525 g/mol. The molecule has 1 atom stereocenters. The Hall–Kier alpha value is -2.53. The molecule has 0 saturated heterocycles. The Balaban J connectivity index is 2.74. The zero-order chi connectivity index (χ0) is 29.6. The van der Waals surface area contributed by atoms with Crippen molar-refractivity contribution in [3.05, 3.63) is 57.6 Å². The van der Waals surface area contributed by atoms with Gasteiger partial charge in [-0.15, -0.1) is 0 Å². The molecule has 0 aliphatic rings. The van der Waals surface area contributed by atoms with E-state index in [0.717, 1.165) is 22.3 Å². The second-order valence-electron chi connectivity index (χ2n) is 15.0. The molecule has 5 heteroatoms. The first-order valence-corrected chi connectivity index (χ1v) is 13.6. The minimum Gasteiger partial charge on any atom is -0.507 e. The predicted octanol–water partition coefficient (Wildman–Crippen LogP) is 7.76. The zero-order valence-electron chi connectivity index (χ0n) is 26.0. The summed E-state index contributed by atoms with van der Waals surface area (Å²) in [6.07, 6.45) is 0. The van der Waals surface area contributed by atoms with E-state index in [4.69, 9.17) is 0 Å². The van der Waals surface area contributed by atoms with E-state index in [9.17, 15) is 20.1 Å². The fourth-order valence-electron chi connectivity index (χ4n) is 4.56. The van der Waals surface area contributed by atoms with Gasteiger partial charge in [0.25, 0.3) is 0 Å². The van der Waals surface area contributed by atoms with Crippen molar-refractivity contribution in [2.24, 2.45) is 0 Å². The lowest BCUT2D eigenvalue weighted by Crippen LogP contribution is -2.38. The summed E-state index contributed by atoms with van der Waals surface area (Å²) in [6, 6.07) is 7.30. The Morgan fingerprint density at radius 3 is 1.21 bits per heavy atom. The van der Waals surface area contributed by atoms with Crippen LogP contribution in [0.15, 0.2) is 24.3 Å². The van der Waals surface area contributed by atoms with Crippen LogP contribution in [0.5, 0.6) is 11.5 Å². The van der Waals surface area contributed by atoms with Gasteiger partial charge in [-0.05, 0) is 50.8 Å². The van der Waals surface area contributed by atoms with Crippen LogP contribution >= 0.6 is 0 Å². The first kappa shape index (κ1) is 31.7. The smallest absolute Gasteiger partial charge is 0.320 e. The molecule has 0 spiro atoms. The molecule has 0 heterocycles. The highest BCUT2D eigenvalue weighted by atomic mass is 16.4. The number of aliphatic carboxylic acids is 1. The lowest BCUT2D eigenvalue weighted by atomic mass is 9.78. The van der Waals surface area contributed by atoms with Crippen LogP contribution in [-0.4, -0.2) is 32.2 Å². The van der Waals surface area contributed by atoms with E-state index in [0.29, 0.717) is 11.1 Å². The molecule has 0 amide bonds. The van der Waals surface area contributed by atoms with Crippen molar-refractivity contribution in [3.8, 4) is 11.5 Å². The molecule has 2 aromatic carbocycles. The first-order chi connectivity index (χ1) is 16.9. The van der Waals surface area contributed by atoms with E-state index >= 15 is 0 Å². The molecule has 0 aromatic heterocycles. The molecule has 3 N–H and O–H groups in total. The fourth-order valence-corrected chi connectivity index (χ4v) is 4.56. The van der Waals surface area contributed by atoms with Crippen LogP contribution in [0.2, 0.25) is 0 Å². The molecule has 0 aliphatic carbocycles. The number of hydrogen-bond acceptors (Lipinski definition) is 4. The molecule has 0 saturated carbocycles. The quantitative estimate of drug-likeness (QED) is 0.359. The Morgan fingerprint density at radius 1 is 0.658 bits per heavy atom. The summed E-state index contributed by atoms with van der Waals surface area (Å²) in [5.74, 6) is -0.540. The van der Waals surface area contributed by atoms with E-state index in [2.05, 4.69) is 95.2 Å². The number of carboxylic acids is 1. The topological polar surface area (TPSA) is 81.0 Å². The van der Waals surface area contributed by atoms with Gasteiger partial charge in [-0.25, -0.2) is 0 Å². The summed E-state index contributed by atoms with van der Waals surface area (Å²) in [5.41, 5.74) is 4.38. The number of carbonyl (C=O) groups is 1. The highest BCUT2D eigenvalue weighted by Crippen LogP contribution is 2.40. The maximum absolute atomic E-state index is 12.2. The van der Waals surface area contributed by atoms with Gasteiger partial charge in [-0.2, -0.15) is 0 Å². The molecule has 0 aliphatic heterocycles. The lowest BCUT2D eigenvalue weighted by Gasteiger charge is -2.32. The van der Waals surface area contributed by atoms with Gasteiger partial charge in [0.05, 0.1) is 0 Å². The standard InChI is InChI=1S/C33H51NO4/c1-20(29(37)38)34(18-21-14-23(30(2,3)4)16-25(27(21)35)32(8,9)10)19-22-15-24(31(5,6)7)17-26(28(22)36)33(11,12)13/h14-17,20,35-36H,18-19H2,1-13H3,(H,37,38)/t20-/m0/s1. The average Bonchev–Trinajstić information content (AvgIpc) is 2.71. The Bertz CT molecular complexity index is 1080. The van der Waals surface area contributed by atoms with Crippen LogP contribution in [0.4, 0.5) is 0 Å². The van der Waals surface area contributed by atoms with Crippen molar-refractivity contribution < 1.29 is 20.1 Å². The van der Waals surface area contributed by atoms with Gasteiger partial charge in [0.2, 0.25) is 0 Å². The zero-order valence-corrected chi connectivity index (χ0v) is 26.0. The normalized spacial score (nSPS) is 14.2. The van der Waals surface area contributed by atoms with Gasteiger partial charge in [-0.1, -0.05) is 107 Å². The number of phenolic OH excluding ortho intramolecular Hbond substituents is 2. The summed E-state index contributed by atoms with van der Waals surface area (Å²) >= 11 is 0. The highest BCUT2D eigenvalue weighted by Gasteiger charge is 2.30. The molecule has 0 radical (unpaired) electrons. The van der Waals surface area contributed by atoms with E-state index in [1.165, 1.54) is 0 Å². The van der Waals surface area contributed by atoms with Gasteiger partial charge >= 0.3 is 5.97 Å². The SMILES string of the molecule is C[C@@H](C(=O)O)N(Cc1cc(C(C)(C)C)cc(C(C)(C)C)c1O)Cc1cc(C(C)(C)C)cc(C(C)(C)C)c1O. The van der Waals surface area contributed by atoms with Gasteiger partial charge in [0, 0.05) is 24.2 Å². The van der Waals surface area contributed by atoms with E-state index in [-0.39, 0.29) is 46.2 Å². The lowest BCUT2D eigenvalue weighted by molar-refractivity contribution is -0.143. The summed E-state index contributed by atoms with van der Waals surface area (Å²) in [6.45, 7) is 27.4. The van der Waals surface area contributed by atoms with Crippen LogP contribution in [0, 0.1) is 0 Å². The molecule has 5 nitrogen and oxygen atoms in total. The second-order valence-corrected chi connectivity index (χ2v) is 15.0. The van der Waals surface area contributed by atoms with Gasteiger partial charge in [0.1, 0.15) is 17.5 Å². The van der Waals surface area contributed by atoms with Crippen LogP contribution in [-0.2, 0) is 39.5 Å². The third-order valence-electron chi connectivity index (χ3n) is 7.38. The van der Waals surface area contributed by atoms with Crippen LogP contribution < -0.4 is 0 Å². The molecule has 0 bridgehead atoms. The predicted molar refractivity (Wildman–Crippen MR) is 157 cm³/mol. The average molecular weight is 526 g/mol. The third kappa shape index (κ3) is 7.31. The molecule has 2 aromatic rings. The number of phenols is 2. The molecule has 0 fully saturated rings. The van der Waals surface area contributed by atoms with Crippen molar-refractivity contribution in [1.29, 1.82) is 0 Å². The minimum absolute atomic E-state index is 0.146. The van der Waals surface area contributed by atoms with Gasteiger partial charge < -0.3 is 15.3 Å². The minimum atomic E-state index is -0.949. The summed E-state index contributed by atoms with van der Waals surface area (Å²) in [4.78, 5) is 14.1. The van der Waals surface area contributed by atoms with Gasteiger partial charge in [-0.3, -0.25) is 9.69 Å². The maximum Gasteiger partial charge on any atom is 0.320 e. The largest absolute Gasteiger partial charge is 0.507 e. The number of rotatable bonds is 6. The molecular weight excluding hydrogens is 474 g/mol. The van der Waals surface area contributed by atoms with Crippen molar-refractivity contribution in [2.45, 2.75) is 131 Å². The number of hydrogen-bond donors (Lipinski definition) is 3. The van der Waals surface area contributed by atoms with Crippen LogP contribution in [0.3, 0.4) is 0 Å². The van der Waals surface area contributed by atoms with Crippen LogP contribution in [0.1, 0.15) is 123 Å². The Morgan fingerprint density at radius 2 is 0.974 bits per heavy atom. The Kier molecular flexibility index (Phi) is 8.81. The molecular formula is C33H51NO4. The summed E-state index contributed by atoms with van der Waals surface area (Å²) in [5, 5.41) is 32.8. The number of aromatic hydroxyl groups is 2. The third-order valence-corrected chi connectivity index (χ3v) is 7.38. The summed E-state index contributed by atoms with van der Waals surface area (Å²) in [7, 11) is 0. The summed E-state index contributed by atoms with van der Waals surface area (Å²) < 4.78 is 0. The highest BCUT2D eigenvalue weighted by molar-refractivity contribution is 5.73. The van der Waals surface area contributed by atoms with Crippen molar-refractivity contribution >= 4 is 5.97 Å². The molecule has 38 heavy (non-hydrogen) atoms. The molecule has 212 valence electrons. The Labute approximate surface area is 230 Å². The number of benzene rings is 2. The maximum atomic E-state index is 12.2.